The largest absolute Gasteiger partial charge is 0.357 e. The number of H-pyrrole nitrogens is 1. The molecule has 4 heterocycles. The van der Waals surface area contributed by atoms with Crippen LogP contribution in [-0.4, -0.2) is 51.2 Å². The quantitative estimate of drug-likeness (QED) is 0.922. The number of amides is 2. The first-order valence-corrected chi connectivity index (χ1v) is 9.25. The molecule has 2 aliphatic rings. The van der Waals surface area contributed by atoms with Crippen LogP contribution in [0.15, 0.2) is 42.9 Å². The molecule has 6 nitrogen and oxygen atoms in total. The molecule has 1 N–H and O–H groups in total. The monoisotopic (exact) mass is 352 g/mol. The molecule has 6 heteroatoms. The summed E-state index contributed by atoms with van der Waals surface area (Å²) in [5.41, 5.74) is 1.75. The van der Waals surface area contributed by atoms with Gasteiger partial charge in [-0.25, -0.2) is 0 Å². The molecule has 2 amide bonds. The van der Waals surface area contributed by atoms with Crippen molar-refractivity contribution in [2.75, 3.05) is 19.6 Å². The van der Waals surface area contributed by atoms with Crippen molar-refractivity contribution in [2.24, 2.45) is 5.41 Å². The first kappa shape index (κ1) is 16.8. The number of nitrogens with zero attached hydrogens (tertiary/aromatic N) is 3. The number of aromatic amines is 1. The summed E-state index contributed by atoms with van der Waals surface area (Å²) in [6.45, 7) is 2.86. The van der Waals surface area contributed by atoms with Crippen molar-refractivity contribution in [3.63, 3.8) is 0 Å². The highest BCUT2D eigenvalue weighted by Gasteiger charge is 2.42. The van der Waals surface area contributed by atoms with Gasteiger partial charge in [-0.15, -0.1) is 0 Å². The molecule has 2 saturated heterocycles. The molecule has 0 saturated carbocycles. The van der Waals surface area contributed by atoms with Gasteiger partial charge in [0.05, 0.1) is 0 Å². The number of likely N-dealkylation sites (tertiary alicyclic amines) is 2. The van der Waals surface area contributed by atoms with Crippen LogP contribution in [-0.2, 0) is 11.3 Å². The molecule has 2 aromatic heterocycles. The van der Waals surface area contributed by atoms with Crippen LogP contribution in [0.25, 0.3) is 0 Å². The van der Waals surface area contributed by atoms with Gasteiger partial charge in [0.1, 0.15) is 5.69 Å². The van der Waals surface area contributed by atoms with Crippen LogP contribution in [0.5, 0.6) is 0 Å². The van der Waals surface area contributed by atoms with Crippen molar-refractivity contribution >= 4 is 11.8 Å². The molecule has 0 aliphatic carbocycles. The minimum absolute atomic E-state index is 0.0153. The van der Waals surface area contributed by atoms with Gasteiger partial charge in [-0.1, -0.05) is 0 Å². The minimum Gasteiger partial charge on any atom is -0.357 e. The Morgan fingerprint density at radius 2 is 2.04 bits per heavy atom. The van der Waals surface area contributed by atoms with Gasteiger partial charge < -0.3 is 14.8 Å². The SMILES string of the molecule is O=C1CC[C@]2(CCCN(C(=O)c3ccc[nH]3)C2)CN1Cc1ccncc1. The standard InChI is InChI=1S/C20H24N4O2/c25-18-4-8-20(15-24(18)13-16-5-10-21-11-6-16)7-2-12-23(14-20)19(26)17-3-1-9-22-17/h1,3,5-6,9-11,22H,2,4,7-8,12-15H2/t20-/m0/s1. The van der Waals surface area contributed by atoms with Gasteiger partial charge in [0.25, 0.3) is 5.91 Å². The van der Waals surface area contributed by atoms with E-state index in [0.29, 0.717) is 18.7 Å². The average Bonchev–Trinajstić information content (AvgIpc) is 3.20. The zero-order valence-electron chi connectivity index (χ0n) is 14.9. The van der Waals surface area contributed by atoms with E-state index in [1.54, 1.807) is 18.6 Å². The molecule has 0 aromatic carbocycles. The molecule has 0 bridgehead atoms. The highest BCUT2D eigenvalue weighted by Crippen LogP contribution is 2.39. The second kappa shape index (κ2) is 6.94. The normalized spacial score (nSPS) is 23.5. The van der Waals surface area contributed by atoms with Crippen molar-refractivity contribution in [2.45, 2.75) is 32.2 Å². The number of aromatic nitrogens is 2. The Morgan fingerprint density at radius 1 is 1.19 bits per heavy atom. The Kier molecular flexibility index (Phi) is 4.49. The molecule has 0 unspecified atom stereocenters. The molecule has 136 valence electrons. The summed E-state index contributed by atoms with van der Waals surface area (Å²) in [7, 11) is 0. The maximum absolute atomic E-state index is 12.7. The highest BCUT2D eigenvalue weighted by atomic mass is 16.2. The van der Waals surface area contributed by atoms with Crippen LogP contribution in [0.2, 0.25) is 0 Å². The minimum atomic E-state index is 0.0153. The summed E-state index contributed by atoms with van der Waals surface area (Å²) in [4.78, 5) is 36.2. The zero-order valence-corrected chi connectivity index (χ0v) is 14.9. The van der Waals surface area contributed by atoms with E-state index in [1.807, 2.05) is 34.1 Å². The molecule has 26 heavy (non-hydrogen) atoms. The second-order valence-electron chi connectivity index (χ2n) is 7.52. The van der Waals surface area contributed by atoms with Gasteiger partial charge in [-0.3, -0.25) is 14.6 Å². The number of piperidine rings is 2. The Hall–Kier alpha value is -2.63. The van der Waals surface area contributed by atoms with Crippen LogP contribution in [0, 0.1) is 5.41 Å². The average molecular weight is 352 g/mol. The van der Waals surface area contributed by atoms with Crippen molar-refractivity contribution < 1.29 is 9.59 Å². The molecular weight excluding hydrogens is 328 g/mol. The lowest BCUT2D eigenvalue weighted by Gasteiger charge is -2.48. The van der Waals surface area contributed by atoms with E-state index in [2.05, 4.69) is 9.97 Å². The fourth-order valence-corrected chi connectivity index (χ4v) is 4.30. The van der Waals surface area contributed by atoms with E-state index in [4.69, 9.17) is 0 Å². The van der Waals surface area contributed by atoms with E-state index >= 15 is 0 Å². The topological polar surface area (TPSA) is 69.3 Å². The highest BCUT2D eigenvalue weighted by molar-refractivity contribution is 5.92. The second-order valence-corrected chi connectivity index (χ2v) is 7.52. The van der Waals surface area contributed by atoms with E-state index < -0.39 is 0 Å². The lowest BCUT2D eigenvalue weighted by atomic mass is 9.73. The smallest absolute Gasteiger partial charge is 0.270 e. The fraction of sp³-hybridized carbons (Fsp3) is 0.450. The lowest BCUT2D eigenvalue weighted by Crippen LogP contribution is -2.54. The number of pyridine rings is 1. The van der Waals surface area contributed by atoms with E-state index in [0.717, 1.165) is 44.5 Å². The van der Waals surface area contributed by atoms with Crippen LogP contribution in [0.4, 0.5) is 0 Å². The molecule has 2 aromatic rings. The molecule has 2 aliphatic heterocycles. The van der Waals surface area contributed by atoms with E-state index in [1.165, 1.54) is 0 Å². The molecule has 2 fully saturated rings. The summed E-state index contributed by atoms with van der Waals surface area (Å²) in [5.74, 6) is 0.270. The molecular formula is C20H24N4O2. The summed E-state index contributed by atoms with van der Waals surface area (Å²) in [6, 6.07) is 7.58. The van der Waals surface area contributed by atoms with Crippen molar-refractivity contribution in [3.05, 3.63) is 54.1 Å². The third-order valence-corrected chi connectivity index (χ3v) is 5.65. The van der Waals surface area contributed by atoms with Crippen molar-refractivity contribution in [1.82, 2.24) is 19.8 Å². The molecule has 0 radical (unpaired) electrons. The summed E-state index contributed by atoms with van der Waals surface area (Å²) in [6.07, 6.45) is 8.80. The number of nitrogens with one attached hydrogen (secondary N) is 1. The first-order chi connectivity index (χ1) is 12.7. The van der Waals surface area contributed by atoms with Crippen molar-refractivity contribution in [3.8, 4) is 0 Å². The summed E-state index contributed by atoms with van der Waals surface area (Å²) >= 11 is 0. The molecule has 1 atom stereocenters. The van der Waals surface area contributed by atoms with Crippen LogP contribution < -0.4 is 0 Å². The predicted molar refractivity (Wildman–Crippen MR) is 97.3 cm³/mol. The third-order valence-electron chi connectivity index (χ3n) is 5.65. The number of rotatable bonds is 3. The van der Waals surface area contributed by atoms with Gasteiger partial charge >= 0.3 is 0 Å². The zero-order chi connectivity index (χ0) is 18.0. The van der Waals surface area contributed by atoms with Crippen LogP contribution in [0.1, 0.15) is 41.7 Å². The Balaban J connectivity index is 1.48. The Labute approximate surface area is 153 Å². The van der Waals surface area contributed by atoms with E-state index in [-0.39, 0.29) is 17.2 Å². The van der Waals surface area contributed by atoms with Gasteiger partial charge in [0, 0.05) is 56.6 Å². The van der Waals surface area contributed by atoms with E-state index in [9.17, 15) is 9.59 Å². The molecule has 4 rings (SSSR count). The van der Waals surface area contributed by atoms with Crippen LogP contribution in [0.3, 0.4) is 0 Å². The maximum Gasteiger partial charge on any atom is 0.270 e. The number of hydrogen-bond acceptors (Lipinski definition) is 3. The van der Waals surface area contributed by atoms with Gasteiger partial charge in [-0.2, -0.15) is 0 Å². The Bertz CT molecular complexity index is 774. The van der Waals surface area contributed by atoms with Gasteiger partial charge in [0.15, 0.2) is 0 Å². The fourth-order valence-electron chi connectivity index (χ4n) is 4.30. The van der Waals surface area contributed by atoms with Crippen molar-refractivity contribution in [1.29, 1.82) is 0 Å². The summed E-state index contributed by atoms with van der Waals surface area (Å²) < 4.78 is 0. The lowest BCUT2D eigenvalue weighted by molar-refractivity contribution is -0.139. The number of hydrogen-bond donors (Lipinski definition) is 1. The summed E-state index contributed by atoms with van der Waals surface area (Å²) in [5, 5.41) is 0. The van der Waals surface area contributed by atoms with Gasteiger partial charge in [0.2, 0.25) is 5.91 Å². The predicted octanol–water partition coefficient (Wildman–Crippen LogP) is 2.45. The first-order valence-electron chi connectivity index (χ1n) is 9.25. The Morgan fingerprint density at radius 3 is 2.81 bits per heavy atom. The van der Waals surface area contributed by atoms with Crippen LogP contribution >= 0.6 is 0 Å². The maximum atomic E-state index is 12.7. The number of carbonyl (C=O) groups is 2. The number of carbonyl (C=O) groups excluding carboxylic acids is 2. The third kappa shape index (κ3) is 3.36. The van der Waals surface area contributed by atoms with Gasteiger partial charge in [-0.05, 0) is 49.1 Å². The molecule has 1 spiro atoms.